The molecule has 0 unspecified atom stereocenters. The molecule has 1 heterocycles. The van der Waals surface area contributed by atoms with Crippen LogP contribution >= 0.6 is 35.0 Å². The lowest BCUT2D eigenvalue weighted by molar-refractivity contribution is -0.118. The largest absolute Gasteiger partial charge is 0.316 e. The normalized spacial score (nSPS) is 11.2. The Bertz CT molecular complexity index is 1030. The third kappa shape index (κ3) is 5.66. The average molecular weight is 446 g/mol. The van der Waals surface area contributed by atoms with E-state index in [2.05, 4.69) is 10.5 Å². The van der Waals surface area contributed by atoms with Gasteiger partial charge in [-0.1, -0.05) is 53.5 Å². The lowest BCUT2D eigenvalue weighted by Crippen LogP contribution is -2.19. The van der Waals surface area contributed by atoms with Gasteiger partial charge >= 0.3 is 0 Å². The van der Waals surface area contributed by atoms with Crippen LogP contribution < -0.4 is 5.43 Å². The Labute approximate surface area is 184 Å². The van der Waals surface area contributed by atoms with Crippen LogP contribution in [0.5, 0.6) is 0 Å². The SMILES string of the molecule is Cc1cc(/C=N/NC(=O)CSCc2ccccc2)c(C)n1-c1cc(Cl)ccc1Cl. The fraction of sp³-hybridized carbons (Fsp3) is 0.182. The van der Waals surface area contributed by atoms with E-state index in [0.717, 1.165) is 28.4 Å². The number of hydrogen-bond donors (Lipinski definition) is 1. The van der Waals surface area contributed by atoms with Crippen molar-refractivity contribution >= 4 is 47.1 Å². The molecule has 29 heavy (non-hydrogen) atoms. The van der Waals surface area contributed by atoms with Gasteiger partial charge in [-0.3, -0.25) is 4.79 Å². The summed E-state index contributed by atoms with van der Waals surface area (Å²) < 4.78 is 2.02. The van der Waals surface area contributed by atoms with Gasteiger partial charge in [-0.2, -0.15) is 5.10 Å². The lowest BCUT2D eigenvalue weighted by Gasteiger charge is -2.12. The van der Waals surface area contributed by atoms with E-state index in [0.29, 0.717) is 15.8 Å². The second-order valence-electron chi connectivity index (χ2n) is 6.53. The molecular formula is C22H21Cl2N3OS. The van der Waals surface area contributed by atoms with Crippen LogP contribution in [-0.2, 0) is 10.5 Å². The number of carbonyl (C=O) groups excluding carboxylic acids is 1. The van der Waals surface area contributed by atoms with Crippen LogP contribution in [0.3, 0.4) is 0 Å². The Balaban J connectivity index is 1.61. The highest BCUT2D eigenvalue weighted by Crippen LogP contribution is 2.28. The first kappa shape index (κ1) is 21.5. The van der Waals surface area contributed by atoms with Gasteiger partial charge in [0.25, 0.3) is 0 Å². The number of carbonyl (C=O) groups is 1. The standard InChI is InChI=1S/C22H21Cl2N3OS/c1-15-10-18(16(2)27(15)21-11-19(23)8-9-20(21)24)12-25-26-22(28)14-29-13-17-6-4-3-5-7-17/h3-12H,13-14H2,1-2H3,(H,26,28)/b25-12+. The van der Waals surface area contributed by atoms with Gasteiger partial charge in [0.1, 0.15) is 0 Å². The molecule has 0 spiro atoms. The molecular weight excluding hydrogens is 425 g/mol. The van der Waals surface area contributed by atoms with Gasteiger partial charge in [-0.15, -0.1) is 11.8 Å². The lowest BCUT2D eigenvalue weighted by atomic mass is 10.2. The highest BCUT2D eigenvalue weighted by molar-refractivity contribution is 7.99. The quantitative estimate of drug-likeness (QED) is 0.369. The zero-order chi connectivity index (χ0) is 20.8. The second-order valence-corrected chi connectivity index (χ2v) is 8.36. The van der Waals surface area contributed by atoms with E-state index < -0.39 is 0 Å². The molecule has 0 radical (unpaired) electrons. The summed E-state index contributed by atoms with van der Waals surface area (Å²) >= 11 is 14.0. The summed E-state index contributed by atoms with van der Waals surface area (Å²) in [6.45, 7) is 3.96. The Kier molecular flexibility index (Phi) is 7.42. The molecule has 0 bridgehead atoms. The maximum Gasteiger partial charge on any atom is 0.250 e. The molecule has 150 valence electrons. The van der Waals surface area contributed by atoms with Crippen molar-refractivity contribution in [3.63, 3.8) is 0 Å². The maximum absolute atomic E-state index is 12.0. The number of nitrogens with one attached hydrogen (secondary N) is 1. The maximum atomic E-state index is 12.0. The number of amides is 1. The molecule has 0 saturated carbocycles. The first-order valence-electron chi connectivity index (χ1n) is 9.03. The number of nitrogens with zero attached hydrogens (tertiary/aromatic N) is 2. The molecule has 0 aliphatic carbocycles. The summed E-state index contributed by atoms with van der Waals surface area (Å²) in [7, 11) is 0. The fourth-order valence-electron chi connectivity index (χ4n) is 2.99. The molecule has 0 aliphatic rings. The van der Waals surface area contributed by atoms with Crippen LogP contribution in [0.15, 0.2) is 59.7 Å². The van der Waals surface area contributed by atoms with Crippen molar-refractivity contribution in [2.45, 2.75) is 19.6 Å². The summed E-state index contributed by atoms with van der Waals surface area (Å²) in [5.74, 6) is 1.01. The zero-order valence-corrected chi connectivity index (χ0v) is 18.5. The van der Waals surface area contributed by atoms with Crippen molar-refractivity contribution in [2.75, 3.05) is 5.75 Å². The molecule has 1 aromatic heterocycles. The Morgan fingerprint density at radius 3 is 2.66 bits per heavy atom. The molecule has 0 saturated heterocycles. The predicted octanol–water partition coefficient (Wildman–Crippen LogP) is 5.78. The first-order valence-corrected chi connectivity index (χ1v) is 10.9. The smallest absolute Gasteiger partial charge is 0.250 e. The van der Waals surface area contributed by atoms with Crippen molar-refractivity contribution in [3.05, 3.63) is 87.2 Å². The van der Waals surface area contributed by atoms with Crippen molar-refractivity contribution in [2.24, 2.45) is 5.10 Å². The Morgan fingerprint density at radius 1 is 1.14 bits per heavy atom. The highest BCUT2D eigenvalue weighted by Gasteiger charge is 2.12. The minimum Gasteiger partial charge on any atom is -0.316 e. The van der Waals surface area contributed by atoms with E-state index in [1.165, 1.54) is 5.56 Å². The van der Waals surface area contributed by atoms with Crippen LogP contribution in [0.2, 0.25) is 10.0 Å². The number of hydrogen-bond acceptors (Lipinski definition) is 3. The van der Waals surface area contributed by atoms with Crippen molar-refractivity contribution in [1.29, 1.82) is 0 Å². The van der Waals surface area contributed by atoms with Crippen molar-refractivity contribution in [3.8, 4) is 5.69 Å². The molecule has 1 N–H and O–H groups in total. The van der Waals surface area contributed by atoms with E-state index in [-0.39, 0.29) is 5.91 Å². The van der Waals surface area contributed by atoms with Crippen LogP contribution in [0.1, 0.15) is 22.5 Å². The number of halogens is 2. The molecule has 0 aliphatic heterocycles. The van der Waals surface area contributed by atoms with Gasteiger partial charge in [0.05, 0.1) is 22.7 Å². The predicted molar refractivity (Wildman–Crippen MR) is 124 cm³/mol. The second kappa shape index (κ2) is 10.0. The number of thioether (sulfide) groups is 1. The summed E-state index contributed by atoms with van der Waals surface area (Å²) in [4.78, 5) is 12.0. The third-order valence-electron chi connectivity index (χ3n) is 4.36. The van der Waals surface area contributed by atoms with Gasteiger partial charge in [0.2, 0.25) is 5.91 Å². The molecule has 4 nitrogen and oxygen atoms in total. The van der Waals surface area contributed by atoms with Crippen LogP contribution in [0, 0.1) is 13.8 Å². The number of hydrazone groups is 1. The molecule has 0 fully saturated rings. The average Bonchev–Trinajstić information content (AvgIpc) is 2.98. The van der Waals surface area contributed by atoms with E-state index in [1.54, 1.807) is 30.1 Å². The number of aryl methyl sites for hydroxylation is 1. The topological polar surface area (TPSA) is 46.4 Å². The molecule has 0 atom stereocenters. The monoisotopic (exact) mass is 445 g/mol. The minimum absolute atomic E-state index is 0.131. The Hall–Kier alpha value is -2.21. The fourth-order valence-corrected chi connectivity index (χ4v) is 4.14. The molecule has 7 heteroatoms. The zero-order valence-electron chi connectivity index (χ0n) is 16.2. The van der Waals surface area contributed by atoms with Gasteiger partial charge in [-0.05, 0) is 43.7 Å². The number of aromatic nitrogens is 1. The summed E-state index contributed by atoms with van der Waals surface area (Å²) in [6.07, 6.45) is 1.65. The Morgan fingerprint density at radius 2 is 1.90 bits per heavy atom. The van der Waals surface area contributed by atoms with E-state index >= 15 is 0 Å². The first-order chi connectivity index (χ1) is 14.0. The van der Waals surface area contributed by atoms with Gasteiger partial charge < -0.3 is 4.57 Å². The number of benzene rings is 2. The van der Waals surface area contributed by atoms with E-state index in [9.17, 15) is 4.79 Å². The summed E-state index contributed by atoms with van der Waals surface area (Å²) in [6, 6.07) is 17.4. The van der Waals surface area contributed by atoms with Gasteiger partial charge in [-0.25, -0.2) is 5.43 Å². The van der Waals surface area contributed by atoms with Crippen molar-refractivity contribution < 1.29 is 4.79 Å². The van der Waals surface area contributed by atoms with Crippen molar-refractivity contribution in [1.82, 2.24) is 9.99 Å². The third-order valence-corrected chi connectivity index (χ3v) is 5.92. The summed E-state index contributed by atoms with van der Waals surface area (Å²) in [5, 5.41) is 5.34. The molecule has 3 rings (SSSR count). The van der Waals surface area contributed by atoms with E-state index in [1.807, 2.05) is 60.9 Å². The van der Waals surface area contributed by atoms with Gasteiger partial charge in [0, 0.05) is 27.7 Å². The van der Waals surface area contributed by atoms with E-state index in [4.69, 9.17) is 23.2 Å². The minimum atomic E-state index is -0.131. The van der Waals surface area contributed by atoms with Crippen LogP contribution in [0.4, 0.5) is 0 Å². The van der Waals surface area contributed by atoms with Crippen LogP contribution in [-0.4, -0.2) is 22.4 Å². The number of rotatable bonds is 7. The highest BCUT2D eigenvalue weighted by atomic mass is 35.5. The molecule has 3 aromatic rings. The molecule has 2 aromatic carbocycles. The van der Waals surface area contributed by atoms with Crippen LogP contribution in [0.25, 0.3) is 5.69 Å². The molecule has 1 amide bonds. The van der Waals surface area contributed by atoms with Gasteiger partial charge in [0.15, 0.2) is 0 Å². The summed E-state index contributed by atoms with van der Waals surface area (Å²) in [5.41, 5.74) is 7.46.